The summed E-state index contributed by atoms with van der Waals surface area (Å²) in [6.45, 7) is 3.81. The second-order valence-electron chi connectivity index (χ2n) is 2.96. The molecule has 1 aliphatic rings. The minimum Gasteiger partial charge on any atom is -0.119 e. The number of halogens is 1. The average Bonchev–Trinajstić information content (AvgIpc) is 2.16. The van der Waals surface area contributed by atoms with Crippen molar-refractivity contribution in [2.24, 2.45) is 0 Å². The van der Waals surface area contributed by atoms with E-state index in [-0.39, 0.29) is 4.87 Å². The fraction of sp³-hybridized carbons (Fsp3) is 0.875. The van der Waals surface area contributed by atoms with Crippen LogP contribution in [0.1, 0.15) is 38.5 Å². The molecule has 0 atom stereocenters. The lowest BCUT2D eigenvalue weighted by atomic mass is 10.0. The monoisotopic (exact) mass is 145 g/mol. The highest BCUT2D eigenvalue weighted by atomic mass is 35.5. The van der Waals surface area contributed by atoms with Gasteiger partial charge in [-0.1, -0.05) is 26.2 Å². The molecule has 0 saturated heterocycles. The molecule has 1 fully saturated rings. The Hall–Kier alpha value is 0.290. The van der Waals surface area contributed by atoms with Crippen LogP contribution in [-0.4, -0.2) is 4.87 Å². The molecule has 1 heteroatoms. The van der Waals surface area contributed by atoms with Gasteiger partial charge in [-0.25, -0.2) is 0 Å². The van der Waals surface area contributed by atoms with E-state index < -0.39 is 0 Å². The van der Waals surface area contributed by atoms with E-state index in [1.807, 2.05) is 0 Å². The quantitative estimate of drug-likeness (QED) is 0.524. The van der Waals surface area contributed by atoms with Crippen LogP contribution in [0.3, 0.4) is 0 Å². The van der Waals surface area contributed by atoms with Gasteiger partial charge < -0.3 is 0 Å². The van der Waals surface area contributed by atoms with Crippen molar-refractivity contribution in [2.75, 3.05) is 0 Å². The molecule has 53 valence electrons. The van der Waals surface area contributed by atoms with Gasteiger partial charge in [0, 0.05) is 4.87 Å². The van der Waals surface area contributed by atoms with Gasteiger partial charge >= 0.3 is 0 Å². The van der Waals surface area contributed by atoms with Crippen LogP contribution in [-0.2, 0) is 0 Å². The molecule has 0 aromatic heterocycles. The summed E-state index contributed by atoms with van der Waals surface area (Å²) in [5.41, 5.74) is 0. The van der Waals surface area contributed by atoms with Crippen molar-refractivity contribution in [1.82, 2.24) is 0 Å². The Morgan fingerprint density at radius 1 is 1.33 bits per heavy atom. The van der Waals surface area contributed by atoms with Crippen molar-refractivity contribution in [3.63, 3.8) is 0 Å². The number of hydrogen-bond donors (Lipinski definition) is 0. The average molecular weight is 146 g/mol. The molecule has 0 unspecified atom stereocenters. The zero-order valence-corrected chi connectivity index (χ0v) is 6.58. The van der Waals surface area contributed by atoms with Crippen LogP contribution in [0.4, 0.5) is 0 Å². The highest BCUT2D eigenvalue weighted by Gasteiger charge is 2.29. The van der Waals surface area contributed by atoms with Crippen LogP contribution in [0.5, 0.6) is 0 Å². The molecule has 0 aromatic rings. The summed E-state index contributed by atoms with van der Waals surface area (Å²) >= 11 is 6.23. The molecule has 0 amide bonds. The Kier molecular flexibility index (Phi) is 2.40. The Morgan fingerprint density at radius 3 is 2.33 bits per heavy atom. The maximum Gasteiger partial charge on any atom is 0.0446 e. The molecule has 0 N–H and O–H groups in total. The summed E-state index contributed by atoms with van der Waals surface area (Å²) in [6.07, 6.45) is 7.17. The fourth-order valence-electron chi connectivity index (χ4n) is 1.58. The van der Waals surface area contributed by atoms with Crippen molar-refractivity contribution >= 4 is 11.6 Å². The smallest absolute Gasteiger partial charge is 0.0446 e. The molecule has 9 heavy (non-hydrogen) atoms. The van der Waals surface area contributed by atoms with Gasteiger partial charge in [-0.2, -0.15) is 0 Å². The molecule has 0 heterocycles. The standard InChI is InChI=1S/C8H14Cl/c1-2-5-8(9)6-3-4-7-8/h1-7H2. The van der Waals surface area contributed by atoms with Gasteiger partial charge in [-0.15, -0.1) is 11.6 Å². The Morgan fingerprint density at radius 2 is 1.89 bits per heavy atom. The molecule has 0 bridgehead atoms. The van der Waals surface area contributed by atoms with E-state index in [1.54, 1.807) is 0 Å². The predicted octanol–water partition coefficient (Wildman–Crippen LogP) is 3.15. The third-order valence-corrected chi connectivity index (χ3v) is 2.69. The van der Waals surface area contributed by atoms with Crippen LogP contribution >= 0.6 is 11.6 Å². The van der Waals surface area contributed by atoms with Gasteiger partial charge in [-0.05, 0) is 19.3 Å². The van der Waals surface area contributed by atoms with Gasteiger partial charge in [-0.3, -0.25) is 0 Å². The van der Waals surface area contributed by atoms with Crippen LogP contribution in [0.15, 0.2) is 0 Å². The van der Waals surface area contributed by atoms with Crippen LogP contribution in [0.25, 0.3) is 0 Å². The lowest BCUT2D eigenvalue weighted by Crippen LogP contribution is -2.14. The third-order valence-electron chi connectivity index (χ3n) is 2.12. The SMILES string of the molecule is [CH2]CCC1(Cl)CCCC1. The first-order valence-corrected chi connectivity index (χ1v) is 4.13. The van der Waals surface area contributed by atoms with E-state index in [2.05, 4.69) is 6.92 Å². The minimum absolute atomic E-state index is 0.155. The second-order valence-corrected chi connectivity index (χ2v) is 3.76. The summed E-state index contributed by atoms with van der Waals surface area (Å²) in [6, 6.07) is 0. The molecule has 1 aliphatic carbocycles. The van der Waals surface area contributed by atoms with E-state index in [0.29, 0.717) is 0 Å². The first-order valence-electron chi connectivity index (χ1n) is 3.75. The zero-order chi connectivity index (χ0) is 6.74. The van der Waals surface area contributed by atoms with Crippen LogP contribution < -0.4 is 0 Å². The Balaban J connectivity index is 2.32. The van der Waals surface area contributed by atoms with Gasteiger partial charge in [0.05, 0.1) is 0 Å². The fourth-order valence-corrected chi connectivity index (χ4v) is 1.98. The molecule has 1 rings (SSSR count). The third kappa shape index (κ3) is 1.86. The number of alkyl halides is 1. The first-order chi connectivity index (χ1) is 4.27. The second kappa shape index (κ2) is 2.92. The highest BCUT2D eigenvalue weighted by Crippen LogP contribution is 2.39. The van der Waals surface area contributed by atoms with Crippen molar-refractivity contribution in [1.29, 1.82) is 0 Å². The van der Waals surface area contributed by atoms with Crippen molar-refractivity contribution in [2.45, 2.75) is 43.4 Å². The highest BCUT2D eigenvalue weighted by molar-refractivity contribution is 6.24. The van der Waals surface area contributed by atoms with E-state index in [9.17, 15) is 0 Å². The summed E-state index contributed by atoms with van der Waals surface area (Å²) in [5.74, 6) is 0. The number of rotatable bonds is 2. The lowest BCUT2D eigenvalue weighted by Gasteiger charge is -2.18. The summed E-state index contributed by atoms with van der Waals surface area (Å²) in [5, 5.41) is 0. The molecule has 0 nitrogen and oxygen atoms in total. The van der Waals surface area contributed by atoms with Crippen molar-refractivity contribution in [3.8, 4) is 0 Å². The van der Waals surface area contributed by atoms with E-state index in [1.165, 1.54) is 25.7 Å². The molecule has 0 aliphatic heterocycles. The minimum atomic E-state index is 0.155. The normalized spacial score (nSPS) is 24.7. The van der Waals surface area contributed by atoms with Gasteiger partial charge in [0.1, 0.15) is 0 Å². The van der Waals surface area contributed by atoms with Gasteiger partial charge in [0.2, 0.25) is 0 Å². The zero-order valence-electron chi connectivity index (χ0n) is 5.83. The molecule has 0 spiro atoms. The van der Waals surface area contributed by atoms with Crippen molar-refractivity contribution < 1.29 is 0 Å². The Labute approximate surface area is 62.6 Å². The largest absolute Gasteiger partial charge is 0.119 e. The van der Waals surface area contributed by atoms with Crippen LogP contribution in [0.2, 0.25) is 0 Å². The first kappa shape index (κ1) is 7.40. The topological polar surface area (TPSA) is 0 Å². The maximum atomic E-state index is 6.23. The van der Waals surface area contributed by atoms with Crippen LogP contribution in [0, 0.1) is 6.92 Å². The van der Waals surface area contributed by atoms with E-state index >= 15 is 0 Å². The summed E-state index contributed by atoms with van der Waals surface area (Å²) < 4.78 is 0. The molecule has 1 saturated carbocycles. The maximum absolute atomic E-state index is 6.23. The molecule has 0 aromatic carbocycles. The Bertz CT molecular complexity index is 82.6. The molecular weight excluding hydrogens is 132 g/mol. The van der Waals surface area contributed by atoms with Gasteiger partial charge in [0.25, 0.3) is 0 Å². The van der Waals surface area contributed by atoms with E-state index in [0.717, 1.165) is 12.8 Å². The number of hydrogen-bond acceptors (Lipinski definition) is 0. The lowest BCUT2D eigenvalue weighted by molar-refractivity contribution is 0.550. The van der Waals surface area contributed by atoms with E-state index in [4.69, 9.17) is 11.6 Å². The van der Waals surface area contributed by atoms with Gasteiger partial charge in [0.15, 0.2) is 0 Å². The summed E-state index contributed by atoms with van der Waals surface area (Å²) in [4.78, 5) is 0.155. The van der Waals surface area contributed by atoms with Crippen molar-refractivity contribution in [3.05, 3.63) is 6.92 Å². The molecular formula is C8H14Cl. The summed E-state index contributed by atoms with van der Waals surface area (Å²) in [7, 11) is 0. The molecule has 1 radical (unpaired) electrons. The predicted molar refractivity (Wildman–Crippen MR) is 41.6 cm³/mol.